The van der Waals surface area contributed by atoms with Gasteiger partial charge in [-0.05, 0) is 25.3 Å². The summed E-state index contributed by atoms with van der Waals surface area (Å²) in [6.07, 6.45) is -2.93. The number of rotatable bonds is 2. The van der Waals surface area contributed by atoms with Crippen LogP contribution in [0.5, 0.6) is 0 Å². The number of nitrogens with zero attached hydrogens (tertiary/aromatic N) is 1. The predicted molar refractivity (Wildman–Crippen MR) is 65.5 cm³/mol. The molecule has 0 saturated carbocycles. The van der Waals surface area contributed by atoms with Crippen molar-refractivity contribution in [3.05, 3.63) is 35.4 Å². The van der Waals surface area contributed by atoms with Gasteiger partial charge in [0.25, 0.3) is 0 Å². The summed E-state index contributed by atoms with van der Waals surface area (Å²) < 4.78 is 39.8. The Balaban J connectivity index is 2.35. The molecule has 1 saturated heterocycles. The Morgan fingerprint density at radius 2 is 1.79 bits per heavy atom. The maximum Gasteiger partial charge on any atom is 0.413 e. The lowest BCUT2D eigenvalue weighted by atomic mass is 10.00. The van der Waals surface area contributed by atoms with Crippen molar-refractivity contribution in [2.75, 3.05) is 6.54 Å². The number of alkyl halides is 3. The number of aryl methyl sites for hydroxylation is 1. The Labute approximate surface area is 110 Å². The van der Waals surface area contributed by atoms with Crippen LogP contribution < -0.4 is 0 Å². The average Bonchev–Trinajstić information content (AvgIpc) is 2.33. The number of benzene rings is 1. The lowest BCUT2D eigenvalue weighted by molar-refractivity contribution is -0.194. The van der Waals surface area contributed by atoms with E-state index in [0.717, 1.165) is 10.5 Å². The molecule has 0 radical (unpaired) electrons. The molecule has 1 atom stereocenters. The van der Waals surface area contributed by atoms with Gasteiger partial charge in [0.1, 0.15) is 0 Å². The normalized spacial score (nSPS) is 18.5. The first-order valence-electron chi connectivity index (χ1n) is 6.32. The van der Waals surface area contributed by atoms with E-state index in [-0.39, 0.29) is 18.5 Å². The molecule has 0 aliphatic carbocycles. The summed E-state index contributed by atoms with van der Waals surface area (Å²) in [5, 5.41) is 0. The molecule has 1 aliphatic heterocycles. The molecule has 2 rings (SSSR count). The van der Waals surface area contributed by atoms with Crippen molar-refractivity contribution in [2.45, 2.75) is 38.4 Å². The van der Waals surface area contributed by atoms with Gasteiger partial charge in [-0.1, -0.05) is 29.8 Å². The van der Waals surface area contributed by atoms with E-state index >= 15 is 0 Å². The summed E-state index contributed by atoms with van der Waals surface area (Å²) in [6, 6.07) is 4.37. The molecule has 1 aliphatic rings. The summed E-state index contributed by atoms with van der Waals surface area (Å²) in [6.45, 7) is 2.00. The number of amides is 1. The highest BCUT2D eigenvalue weighted by Crippen LogP contribution is 2.39. The van der Waals surface area contributed by atoms with E-state index in [4.69, 9.17) is 0 Å². The van der Waals surface area contributed by atoms with E-state index in [0.29, 0.717) is 12.8 Å². The lowest BCUT2D eigenvalue weighted by Crippen LogP contribution is -2.44. The zero-order valence-electron chi connectivity index (χ0n) is 10.7. The fourth-order valence-corrected chi connectivity index (χ4v) is 2.39. The average molecular weight is 271 g/mol. The van der Waals surface area contributed by atoms with Gasteiger partial charge >= 0.3 is 6.18 Å². The Hall–Kier alpha value is -1.52. The minimum absolute atomic E-state index is 0.133. The molecular formula is C14H16F3NO. The molecule has 1 fully saturated rings. The maximum atomic E-state index is 13.3. The first-order chi connectivity index (χ1) is 8.89. The summed E-state index contributed by atoms with van der Waals surface area (Å²) in [5.74, 6) is -0.408. The van der Waals surface area contributed by atoms with Crippen LogP contribution in [0.25, 0.3) is 0 Å². The summed E-state index contributed by atoms with van der Waals surface area (Å²) in [7, 11) is 0. The number of hydrogen-bond acceptors (Lipinski definition) is 1. The predicted octanol–water partition coefficient (Wildman–Crippen LogP) is 3.61. The first kappa shape index (κ1) is 13.9. The van der Waals surface area contributed by atoms with Crippen molar-refractivity contribution in [1.29, 1.82) is 0 Å². The number of piperidine rings is 1. The van der Waals surface area contributed by atoms with Gasteiger partial charge in [-0.25, -0.2) is 0 Å². The molecule has 1 aromatic carbocycles. The molecule has 104 valence electrons. The van der Waals surface area contributed by atoms with Gasteiger partial charge in [-0.3, -0.25) is 4.79 Å². The molecule has 19 heavy (non-hydrogen) atoms. The minimum atomic E-state index is -4.44. The molecule has 0 N–H and O–H groups in total. The molecule has 0 aromatic heterocycles. The second kappa shape index (κ2) is 5.23. The Morgan fingerprint density at radius 3 is 2.32 bits per heavy atom. The van der Waals surface area contributed by atoms with E-state index in [2.05, 4.69) is 0 Å². The highest BCUT2D eigenvalue weighted by Gasteiger charge is 2.46. The second-order valence-electron chi connectivity index (χ2n) is 4.90. The Bertz CT molecular complexity index is 453. The van der Waals surface area contributed by atoms with Gasteiger partial charge in [-0.2, -0.15) is 13.2 Å². The highest BCUT2D eigenvalue weighted by molar-refractivity contribution is 5.77. The van der Waals surface area contributed by atoms with Gasteiger partial charge in [-0.15, -0.1) is 0 Å². The standard InChI is InChI=1S/C14H16F3NO/c1-10-5-7-11(8-6-10)13(14(15,16)17)18-9-3-2-4-12(18)19/h5-8,13H,2-4,9H2,1H3. The SMILES string of the molecule is Cc1ccc(C(N2CCCCC2=O)C(F)(F)F)cc1. The van der Waals surface area contributed by atoms with Crippen molar-refractivity contribution in [1.82, 2.24) is 4.90 Å². The van der Waals surface area contributed by atoms with Crippen molar-refractivity contribution in [3.63, 3.8) is 0 Å². The summed E-state index contributed by atoms with van der Waals surface area (Å²) >= 11 is 0. The van der Waals surface area contributed by atoms with Crippen LogP contribution in [0.15, 0.2) is 24.3 Å². The third kappa shape index (κ3) is 3.08. The Morgan fingerprint density at radius 1 is 1.16 bits per heavy atom. The van der Waals surface area contributed by atoms with Gasteiger partial charge in [0.15, 0.2) is 6.04 Å². The van der Waals surface area contributed by atoms with E-state index in [1.54, 1.807) is 12.1 Å². The van der Waals surface area contributed by atoms with Crippen LogP contribution in [0.2, 0.25) is 0 Å². The second-order valence-corrected chi connectivity index (χ2v) is 4.90. The quantitative estimate of drug-likeness (QED) is 0.804. The van der Waals surface area contributed by atoms with Crippen LogP contribution >= 0.6 is 0 Å². The molecule has 0 spiro atoms. The highest BCUT2D eigenvalue weighted by atomic mass is 19.4. The zero-order chi connectivity index (χ0) is 14.0. The zero-order valence-corrected chi connectivity index (χ0v) is 10.7. The fourth-order valence-electron chi connectivity index (χ4n) is 2.39. The number of hydrogen-bond donors (Lipinski definition) is 0. The van der Waals surface area contributed by atoms with Crippen molar-refractivity contribution in [3.8, 4) is 0 Å². The first-order valence-corrected chi connectivity index (χ1v) is 6.32. The van der Waals surface area contributed by atoms with Gasteiger partial charge < -0.3 is 4.90 Å². The number of likely N-dealkylation sites (tertiary alicyclic amines) is 1. The molecule has 1 heterocycles. The molecule has 0 bridgehead atoms. The van der Waals surface area contributed by atoms with Crippen LogP contribution in [0.3, 0.4) is 0 Å². The van der Waals surface area contributed by atoms with E-state index < -0.39 is 18.1 Å². The number of carbonyl (C=O) groups excluding carboxylic acids is 1. The molecule has 1 aromatic rings. The van der Waals surface area contributed by atoms with Gasteiger partial charge in [0, 0.05) is 13.0 Å². The lowest BCUT2D eigenvalue weighted by Gasteiger charge is -2.36. The number of carbonyl (C=O) groups is 1. The van der Waals surface area contributed by atoms with Gasteiger partial charge in [0.05, 0.1) is 0 Å². The maximum absolute atomic E-state index is 13.3. The van der Waals surface area contributed by atoms with Crippen molar-refractivity contribution >= 4 is 5.91 Å². The van der Waals surface area contributed by atoms with E-state index in [1.165, 1.54) is 12.1 Å². The monoisotopic (exact) mass is 271 g/mol. The van der Waals surface area contributed by atoms with Crippen LogP contribution in [0.1, 0.15) is 36.4 Å². The summed E-state index contributed by atoms with van der Waals surface area (Å²) in [5.41, 5.74) is 1.03. The largest absolute Gasteiger partial charge is 0.413 e. The van der Waals surface area contributed by atoms with Gasteiger partial charge in [0.2, 0.25) is 5.91 Å². The molecule has 1 amide bonds. The third-order valence-corrected chi connectivity index (χ3v) is 3.37. The van der Waals surface area contributed by atoms with Crippen LogP contribution in [-0.2, 0) is 4.79 Å². The minimum Gasteiger partial charge on any atom is -0.327 e. The molecule has 1 unspecified atom stereocenters. The third-order valence-electron chi connectivity index (χ3n) is 3.37. The van der Waals surface area contributed by atoms with E-state index in [1.807, 2.05) is 6.92 Å². The van der Waals surface area contributed by atoms with Crippen molar-refractivity contribution in [2.24, 2.45) is 0 Å². The molecule has 2 nitrogen and oxygen atoms in total. The molecular weight excluding hydrogens is 255 g/mol. The van der Waals surface area contributed by atoms with Crippen LogP contribution in [-0.4, -0.2) is 23.5 Å². The number of halogens is 3. The summed E-state index contributed by atoms with van der Waals surface area (Å²) in [4.78, 5) is 12.7. The van der Waals surface area contributed by atoms with Crippen molar-refractivity contribution < 1.29 is 18.0 Å². The Kier molecular flexibility index (Phi) is 3.83. The topological polar surface area (TPSA) is 20.3 Å². The molecule has 5 heteroatoms. The fraction of sp³-hybridized carbons (Fsp3) is 0.500. The van der Waals surface area contributed by atoms with Crippen LogP contribution in [0, 0.1) is 6.92 Å². The smallest absolute Gasteiger partial charge is 0.327 e. The van der Waals surface area contributed by atoms with Crippen LogP contribution in [0.4, 0.5) is 13.2 Å². The van der Waals surface area contributed by atoms with E-state index in [9.17, 15) is 18.0 Å².